The number of carbonyl (C=O) groups is 2. The van der Waals surface area contributed by atoms with Crippen molar-refractivity contribution in [1.29, 1.82) is 0 Å². The van der Waals surface area contributed by atoms with Crippen molar-refractivity contribution in [3.05, 3.63) is 29.8 Å². The monoisotopic (exact) mass is 349 g/mol. The van der Waals surface area contributed by atoms with Crippen molar-refractivity contribution in [2.75, 3.05) is 32.4 Å². The van der Waals surface area contributed by atoms with Gasteiger partial charge in [0.1, 0.15) is 0 Å². The quantitative estimate of drug-likeness (QED) is 0.657. The van der Waals surface area contributed by atoms with Gasteiger partial charge in [0.15, 0.2) is 0 Å². The van der Waals surface area contributed by atoms with Gasteiger partial charge in [0, 0.05) is 50.3 Å². The summed E-state index contributed by atoms with van der Waals surface area (Å²) < 4.78 is 0. The van der Waals surface area contributed by atoms with Crippen molar-refractivity contribution in [2.24, 2.45) is 0 Å². The molecule has 1 heterocycles. The lowest BCUT2D eigenvalue weighted by atomic mass is 10.0. The maximum atomic E-state index is 12.2. The Kier molecular flexibility index (Phi) is 6.97. The van der Waals surface area contributed by atoms with E-state index < -0.39 is 0 Å². The van der Waals surface area contributed by atoms with Crippen molar-refractivity contribution in [1.82, 2.24) is 15.1 Å². The highest BCUT2D eigenvalue weighted by Crippen LogP contribution is 2.18. The van der Waals surface area contributed by atoms with Gasteiger partial charge in [-0.05, 0) is 31.9 Å². The Morgan fingerprint density at radius 2 is 1.88 bits per heavy atom. The molecule has 3 amide bonds. The third kappa shape index (κ3) is 5.44. The van der Waals surface area contributed by atoms with E-state index in [0.717, 1.165) is 18.6 Å². The van der Waals surface area contributed by atoms with Crippen LogP contribution in [0.4, 0.5) is 4.79 Å². The third-order valence-corrected chi connectivity index (χ3v) is 5.48. The smallest absolute Gasteiger partial charge is 0.317 e. The molecule has 5 nitrogen and oxygen atoms in total. The van der Waals surface area contributed by atoms with E-state index in [0.29, 0.717) is 19.6 Å². The van der Waals surface area contributed by atoms with Gasteiger partial charge >= 0.3 is 6.03 Å². The van der Waals surface area contributed by atoms with E-state index in [4.69, 9.17) is 0 Å². The number of likely N-dealkylation sites (tertiary alicyclic amines) is 1. The van der Waals surface area contributed by atoms with Gasteiger partial charge in [-0.15, -0.1) is 11.8 Å². The minimum atomic E-state index is 0.00318. The molecule has 0 aliphatic carbocycles. The first-order chi connectivity index (χ1) is 11.5. The normalized spacial score (nSPS) is 15.2. The Bertz CT molecular complexity index is 554. The number of nitrogens with one attached hydrogen (secondary N) is 1. The average molecular weight is 350 g/mol. The first-order valence-corrected chi connectivity index (χ1v) is 9.41. The highest BCUT2D eigenvalue weighted by molar-refractivity contribution is 7.99. The molecule has 0 saturated carbocycles. The second-order valence-corrected chi connectivity index (χ2v) is 7.41. The zero-order valence-corrected chi connectivity index (χ0v) is 15.6. The predicted octanol–water partition coefficient (Wildman–Crippen LogP) is 2.74. The van der Waals surface area contributed by atoms with Crippen LogP contribution in [0.5, 0.6) is 0 Å². The van der Waals surface area contributed by atoms with Crippen molar-refractivity contribution in [2.45, 2.75) is 37.6 Å². The second-order valence-electron chi connectivity index (χ2n) is 6.24. The molecular weight excluding hydrogens is 322 g/mol. The molecule has 1 aromatic rings. The first kappa shape index (κ1) is 18.6. The number of nitrogens with zero attached hydrogens (tertiary/aromatic N) is 2. The van der Waals surface area contributed by atoms with E-state index in [1.807, 2.05) is 11.9 Å². The van der Waals surface area contributed by atoms with Crippen LogP contribution >= 0.6 is 11.8 Å². The Morgan fingerprint density at radius 3 is 2.46 bits per heavy atom. The summed E-state index contributed by atoms with van der Waals surface area (Å²) in [4.78, 5) is 28.4. The van der Waals surface area contributed by atoms with Crippen LogP contribution in [0.15, 0.2) is 29.2 Å². The lowest BCUT2D eigenvalue weighted by Gasteiger charge is -2.36. The van der Waals surface area contributed by atoms with E-state index >= 15 is 0 Å². The molecule has 1 aliphatic heterocycles. The van der Waals surface area contributed by atoms with Gasteiger partial charge in [0.25, 0.3) is 0 Å². The van der Waals surface area contributed by atoms with Crippen LogP contribution in [0.25, 0.3) is 0 Å². The maximum absolute atomic E-state index is 12.2. The van der Waals surface area contributed by atoms with Crippen molar-refractivity contribution >= 4 is 23.7 Å². The molecule has 24 heavy (non-hydrogen) atoms. The summed E-state index contributed by atoms with van der Waals surface area (Å²) in [5, 5.41) is 2.99. The fraction of sp³-hybridized carbons (Fsp3) is 0.556. The van der Waals surface area contributed by atoms with Crippen LogP contribution in [-0.2, 0) is 4.79 Å². The summed E-state index contributed by atoms with van der Waals surface area (Å²) in [6.07, 6.45) is 1.70. The molecule has 2 rings (SSSR count). The Hall–Kier alpha value is -1.69. The fourth-order valence-corrected chi connectivity index (χ4v) is 3.55. The molecule has 0 aromatic heterocycles. The van der Waals surface area contributed by atoms with E-state index in [2.05, 4.69) is 36.5 Å². The summed E-state index contributed by atoms with van der Waals surface area (Å²) >= 11 is 1.75. The molecular formula is C18H27N3O2S. The number of thioether (sulfide) groups is 1. The van der Waals surface area contributed by atoms with Gasteiger partial charge < -0.3 is 15.1 Å². The number of benzene rings is 1. The molecule has 0 radical (unpaired) electrons. The van der Waals surface area contributed by atoms with Crippen molar-refractivity contribution < 1.29 is 9.59 Å². The van der Waals surface area contributed by atoms with E-state index in [9.17, 15) is 9.59 Å². The van der Waals surface area contributed by atoms with Crippen molar-refractivity contribution in [3.63, 3.8) is 0 Å². The average Bonchev–Trinajstić information content (AvgIpc) is 2.59. The highest BCUT2D eigenvalue weighted by atomic mass is 32.2. The molecule has 1 aromatic carbocycles. The number of amides is 3. The number of rotatable bonds is 5. The Morgan fingerprint density at radius 1 is 1.25 bits per heavy atom. The largest absolute Gasteiger partial charge is 0.343 e. The molecule has 1 N–H and O–H groups in total. The second kappa shape index (κ2) is 8.97. The number of hydrogen-bond acceptors (Lipinski definition) is 3. The minimum Gasteiger partial charge on any atom is -0.343 e. The van der Waals surface area contributed by atoms with Gasteiger partial charge in [-0.2, -0.15) is 0 Å². The van der Waals surface area contributed by atoms with Crippen LogP contribution in [-0.4, -0.2) is 60.2 Å². The van der Waals surface area contributed by atoms with Crippen LogP contribution in [0.2, 0.25) is 0 Å². The Labute approximate surface area is 148 Å². The summed E-state index contributed by atoms with van der Waals surface area (Å²) in [7, 11) is 1.84. The van der Waals surface area contributed by atoms with Crippen LogP contribution < -0.4 is 5.32 Å². The zero-order chi connectivity index (χ0) is 17.5. The van der Waals surface area contributed by atoms with Gasteiger partial charge in [-0.3, -0.25) is 4.79 Å². The molecule has 6 heteroatoms. The molecule has 132 valence electrons. The summed E-state index contributed by atoms with van der Waals surface area (Å²) in [5.74, 6) is 0.948. The number of hydrogen-bond donors (Lipinski definition) is 1. The van der Waals surface area contributed by atoms with Gasteiger partial charge in [0.2, 0.25) is 5.91 Å². The Balaban J connectivity index is 1.65. The topological polar surface area (TPSA) is 52.7 Å². The third-order valence-electron chi connectivity index (χ3n) is 4.46. The van der Waals surface area contributed by atoms with Gasteiger partial charge in [0.05, 0.1) is 0 Å². The van der Waals surface area contributed by atoms with Crippen LogP contribution in [0.1, 0.15) is 25.3 Å². The van der Waals surface area contributed by atoms with E-state index in [1.165, 1.54) is 10.5 Å². The fourth-order valence-electron chi connectivity index (χ4n) is 2.79. The number of aryl methyl sites for hydroxylation is 1. The predicted molar refractivity (Wildman–Crippen MR) is 98.3 cm³/mol. The molecule has 0 bridgehead atoms. The van der Waals surface area contributed by atoms with Crippen molar-refractivity contribution in [3.8, 4) is 0 Å². The van der Waals surface area contributed by atoms with Crippen LogP contribution in [0.3, 0.4) is 0 Å². The summed E-state index contributed by atoms with van der Waals surface area (Å²) in [6, 6.07) is 8.68. The number of urea groups is 1. The lowest BCUT2D eigenvalue weighted by Crippen LogP contribution is -2.49. The number of piperidine rings is 1. The lowest BCUT2D eigenvalue weighted by molar-refractivity contribution is -0.130. The molecule has 1 aliphatic rings. The molecule has 0 unspecified atom stereocenters. The minimum absolute atomic E-state index is 0.00318. The SMILES string of the molecule is CC(=O)N(C)C1CCN(C(=O)NCCSc2ccc(C)cc2)CC1. The summed E-state index contributed by atoms with van der Waals surface area (Å²) in [6.45, 7) is 5.74. The van der Waals surface area contributed by atoms with Gasteiger partial charge in [-0.1, -0.05) is 17.7 Å². The zero-order valence-electron chi connectivity index (χ0n) is 14.7. The molecule has 1 fully saturated rings. The maximum Gasteiger partial charge on any atom is 0.317 e. The van der Waals surface area contributed by atoms with Crippen LogP contribution in [0, 0.1) is 6.92 Å². The van der Waals surface area contributed by atoms with E-state index in [1.54, 1.807) is 23.6 Å². The van der Waals surface area contributed by atoms with Gasteiger partial charge in [-0.25, -0.2) is 4.79 Å². The standard InChI is InChI=1S/C18H27N3O2S/c1-14-4-6-17(7-5-14)24-13-10-19-18(23)21-11-8-16(9-12-21)20(3)15(2)22/h4-7,16H,8-13H2,1-3H3,(H,19,23). The first-order valence-electron chi connectivity index (χ1n) is 8.43. The highest BCUT2D eigenvalue weighted by Gasteiger charge is 2.25. The van der Waals surface area contributed by atoms with E-state index in [-0.39, 0.29) is 18.0 Å². The summed E-state index contributed by atoms with van der Waals surface area (Å²) in [5.41, 5.74) is 1.26. The molecule has 0 atom stereocenters. The molecule has 1 saturated heterocycles. The molecule has 0 spiro atoms. The number of carbonyl (C=O) groups excluding carboxylic acids is 2.